The van der Waals surface area contributed by atoms with Crippen LogP contribution in [0.2, 0.25) is 10.0 Å². The van der Waals surface area contributed by atoms with Crippen LogP contribution in [0.1, 0.15) is 40.3 Å². The molecular formula is C22H20Cl2O3. The van der Waals surface area contributed by atoms with E-state index in [9.17, 15) is 4.79 Å². The van der Waals surface area contributed by atoms with E-state index in [1.54, 1.807) is 12.1 Å². The quantitative estimate of drug-likeness (QED) is 0.473. The Morgan fingerprint density at radius 2 is 1.96 bits per heavy atom. The number of benzene rings is 2. The van der Waals surface area contributed by atoms with Crippen molar-refractivity contribution in [3.63, 3.8) is 0 Å². The molecule has 140 valence electrons. The SMILES string of the molecule is C=C1C(=O)O[C@H]2c3c(C)c(OCc4c(Cl)cccc4Cl)cc(C)c3CC[C@@H]12. The number of aryl methyl sites for hydroxylation is 1. The van der Waals surface area contributed by atoms with Crippen LogP contribution < -0.4 is 4.74 Å². The zero-order valence-corrected chi connectivity index (χ0v) is 16.8. The minimum atomic E-state index is -0.288. The first-order valence-corrected chi connectivity index (χ1v) is 9.72. The highest BCUT2D eigenvalue weighted by Gasteiger charge is 2.44. The molecule has 2 aliphatic rings. The molecule has 1 heterocycles. The van der Waals surface area contributed by atoms with Crippen molar-refractivity contribution in [1.82, 2.24) is 0 Å². The number of rotatable bonds is 3. The molecule has 1 aliphatic heterocycles. The van der Waals surface area contributed by atoms with Crippen LogP contribution in [0.5, 0.6) is 5.75 Å². The maximum absolute atomic E-state index is 12.0. The van der Waals surface area contributed by atoms with Gasteiger partial charge < -0.3 is 9.47 Å². The lowest BCUT2D eigenvalue weighted by Gasteiger charge is -2.30. The summed E-state index contributed by atoms with van der Waals surface area (Å²) in [5.74, 6) is 0.525. The molecule has 4 rings (SSSR count). The van der Waals surface area contributed by atoms with E-state index in [2.05, 4.69) is 13.5 Å². The van der Waals surface area contributed by atoms with Crippen molar-refractivity contribution < 1.29 is 14.3 Å². The van der Waals surface area contributed by atoms with Crippen LogP contribution in [0.25, 0.3) is 0 Å². The lowest BCUT2D eigenvalue weighted by Crippen LogP contribution is -2.20. The Morgan fingerprint density at radius 3 is 2.67 bits per heavy atom. The number of hydrogen-bond donors (Lipinski definition) is 0. The summed E-state index contributed by atoms with van der Waals surface area (Å²) in [5, 5.41) is 1.16. The highest BCUT2D eigenvalue weighted by Crippen LogP contribution is 2.49. The summed E-state index contributed by atoms with van der Waals surface area (Å²) in [7, 11) is 0. The number of fused-ring (bicyclic) bond motifs is 3. The number of carbonyl (C=O) groups is 1. The first-order valence-electron chi connectivity index (χ1n) is 8.97. The fraction of sp³-hybridized carbons (Fsp3) is 0.318. The average molecular weight is 403 g/mol. The van der Waals surface area contributed by atoms with Gasteiger partial charge in [-0.05, 0) is 61.6 Å². The highest BCUT2D eigenvalue weighted by molar-refractivity contribution is 6.35. The van der Waals surface area contributed by atoms with E-state index < -0.39 is 0 Å². The number of ether oxygens (including phenoxy) is 2. The normalized spacial score (nSPS) is 20.9. The van der Waals surface area contributed by atoms with Crippen LogP contribution in [0.4, 0.5) is 0 Å². The molecule has 0 amide bonds. The van der Waals surface area contributed by atoms with E-state index in [-0.39, 0.29) is 24.6 Å². The minimum Gasteiger partial charge on any atom is -0.489 e. The van der Waals surface area contributed by atoms with Crippen LogP contribution in [-0.2, 0) is 22.6 Å². The summed E-state index contributed by atoms with van der Waals surface area (Å²) < 4.78 is 11.8. The van der Waals surface area contributed by atoms with E-state index in [1.165, 1.54) is 5.56 Å². The molecule has 1 saturated heterocycles. The smallest absolute Gasteiger partial charge is 0.334 e. The van der Waals surface area contributed by atoms with Crippen molar-refractivity contribution in [2.24, 2.45) is 5.92 Å². The van der Waals surface area contributed by atoms with E-state index >= 15 is 0 Å². The van der Waals surface area contributed by atoms with Crippen LogP contribution in [0, 0.1) is 19.8 Å². The molecule has 27 heavy (non-hydrogen) atoms. The van der Waals surface area contributed by atoms with Crippen LogP contribution in [-0.4, -0.2) is 5.97 Å². The Labute approximate surface area is 168 Å². The molecule has 0 bridgehead atoms. The van der Waals surface area contributed by atoms with Crippen molar-refractivity contribution in [2.75, 3.05) is 0 Å². The van der Waals surface area contributed by atoms with Gasteiger partial charge >= 0.3 is 5.97 Å². The molecule has 0 saturated carbocycles. The van der Waals surface area contributed by atoms with Crippen LogP contribution in [0.15, 0.2) is 36.4 Å². The predicted molar refractivity (Wildman–Crippen MR) is 106 cm³/mol. The second-order valence-electron chi connectivity index (χ2n) is 7.19. The third-order valence-corrected chi connectivity index (χ3v) is 6.36. The van der Waals surface area contributed by atoms with E-state index in [0.29, 0.717) is 15.6 Å². The average Bonchev–Trinajstić information content (AvgIpc) is 2.92. The lowest BCUT2D eigenvalue weighted by atomic mass is 9.76. The van der Waals surface area contributed by atoms with Crippen molar-refractivity contribution >= 4 is 29.2 Å². The maximum atomic E-state index is 12.0. The maximum Gasteiger partial charge on any atom is 0.334 e. The summed E-state index contributed by atoms with van der Waals surface area (Å²) in [4.78, 5) is 12.0. The van der Waals surface area contributed by atoms with Crippen LogP contribution >= 0.6 is 23.2 Å². The van der Waals surface area contributed by atoms with Gasteiger partial charge in [0.1, 0.15) is 18.5 Å². The van der Waals surface area contributed by atoms with Crippen molar-refractivity contribution in [1.29, 1.82) is 0 Å². The molecule has 2 atom stereocenters. The summed E-state index contributed by atoms with van der Waals surface area (Å²) in [6, 6.07) is 7.45. The molecule has 5 heteroatoms. The van der Waals surface area contributed by atoms with Gasteiger partial charge in [0.15, 0.2) is 0 Å². The zero-order chi connectivity index (χ0) is 19.3. The number of esters is 1. The standard InChI is InChI=1S/C22H20Cl2O3/c1-11-9-19(26-10-16-17(23)5-4-6-18(16)24)13(3)20-14(11)7-8-15-12(2)22(25)27-21(15)20/h4-6,9,15,21H,2,7-8,10H2,1,3H3/t15-,21+/m0/s1. The molecule has 2 aromatic rings. The second-order valence-corrected chi connectivity index (χ2v) is 8.01. The topological polar surface area (TPSA) is 35.5 Å². The van der Waals surface area contributed by atoms with E-state index in [0.717, 1.165) is 40.8 Å². The largest absolute Gasteiger partial charge is 0.489 e. The molecule has 0 N–H and O–H groups in total. The Kier molecular flexibility index (Phi) is 4.69. The van der Waals surface area contributed by atoms with Crippen molar-refractivity contribution in [2.45, 2.75) is 39.4 Å². The van der Waals surface area contributed by atoms with Crippen molar-refractivity contribution in [3.05, 3.63) is 74.3 Å². The number of carbonyl (C=O) groups excluding carboxylic acids is 1. The third kappa shape index (κ3) is 3.03. The summed E-state index contributed by atoms with van der Waals surface area (Å²) >= 11 is 12.5. The molecule has 1 fully saturated rings. The summed E-state index contributed by atoms with van der Waals surface area (Å²) in [5.41, 5.74) is 5.79. The Bertz CT molecular complexity index is 944. The lowest BCUT2D eigenvalue weighted by molar-refractivity contribution is -0.139. The first-order chi connectivity index (χ1) is 12.9. The van der Waals surface area contributed by atoms with Gasteiger partial charge in [-0.25, -0.2) is 4.79 Å². The van der Waals surface area contributed by atoms with Gasteiger partial charge in [0, 0.05) is 32.7 Å². The van der Waals surface area contributed by atoms with Gasteiger partial charge in [-0.15, -0.1) is 0 Å². The van der Waals surface area contributed by atoms with Gasteiger partial charge in [-0.2, -0.15) is 0 Å². The Hall–Kier alpha value is -1.97. The monoisotopic (exact) mass is 402 g/mol. The third-order valence-electron chi connectivity index (χ3n) is 5.66. The minimum absolute atomic E-state index is 0.0522. The molecule has 0 aromatic heterocycles. The molecule has 1 aliphatic carbocycles. The van der Waals surface area contributed by atoms with Gasteiger partial charge in [0.25, 0.3) is 0 Å². The molecule has 0 spiro atoms. The molecule has 0 unspecified atom stereocenters. The zero-order valence-electron chi connectivity index (χ0n) is 15.3. The van der Waals surface area contributed by atoms with Crippen molar-refractivity contribution in [3.8, 4) is 5.75 Å². The van der Waals surface area contributed by atoms with E-state index in [1.807, 2.05) is 19.1 Å². The number of hydrogen-bond acceptors (Lipinski definition) is 3. The van der Waals surface area contributed by atoms with Gasteiger partial charge in [-0.1, -0.05) is 35.8 Å². The van der Waals surface area contributed by atoms with Gasteiger partial charge in [0.2, 0.25) is 0 Å². The van der Waals surface area contributed by atoms with Crippen LogP contribution in [0.3, 0.4) is 0 Å². The van der Waals surface area contributed by atoms with Gasteiger partial charge in [0.05, 0.1) is 0 Å². The fourth-order valence-electron chi connectivity index (χ4n) is 4.14. The molecule has 3 nitrogen and oxygen atoms in total. The fourth-order valence-corrected chi connectivity index (χ4v) is 4.65. The molecular weight excluding hydrogens is 383 g/mol. The molecule has 2 aromatic carbocycles. The highest BCUT2D eigenvalue weighted by atomic mass is 35.5. The number of halogens is 2. The van der Waals surface area contributed by atoms with E-state index in [4.69, 9.17) is 32.7 Å². The van der Waals surface area contributed by atoms with Gasteiger partial charge in [-0.3, -0.25) is 0 Å². The molecule has 0 radical (unpaired) electrons. The Morgan fingerprint density at radius 1 is 1.26 bits per heavy atom. The summed E-state index contributed by atoms with van der Waals surface area (Å²) in [6.07, 6.45) is 1.54. The first kappa shape index (κ1) is 18.4. The summed E-state index contributed by atoms with van der Waals surface area (Å²) in [6.45, 7) is 8.29. The Balaban J connectivity index is 1.70. The predicted octanol–water partition coefficient (Wildman–Crippen LogP) is 5.91. The second kappa shape index (κ2) is 6.88.